The van der Waals surface area contributed by atoms with Gasteiger partial charge >= 0.3 is 13.3 Å². The van der Waals surface area contributed by atoms with E-state index < -0.39 is 24.1 Å². The molecule has 0 saturated carbocycles. The van der Waals surface area contributed by atoms with E-state index in [1.165, 1.54) is 12.1 Å². The Kier molecular flexibility index (Phi) is 6.08. The molecule has 0 radical (unpaired) electrons. The minimum absolute atomic E-state index is 0.138. The number of thiol groups is 1. The first kappa shape index (κ1) is 20.2. The summed E-state index contributed by atoms with van der Waals surface area (Å²) in [5.74, 6) is 0. The molecule has 3 nitrogen and oxygen atoms in total. The molecule has 1 unspecified atom stereocenters. The molecule has 2 N–H and O–H groups in total. The summed E-state index contributed by atoms with van der Waals surface area (Å²) >= 11 is 19.2. The summed E-state index contributed by atoms with van der Waals surface area (Å²) in [7, 11) is -5.64. The summed E-state index contributed by atoms with van der Waals surface area (Å²) in [6, 6.07) is 8.41. The highest BCUT2D eigenvalue weighted by Crippen LogP contribution is 2.60. The van der Waals surface area contributed by atoms with Crippen LogP contribution in [0.5, 0.6) is 0 Å². The van der Waals surface area contributed by atoms with Crippen LogP contribution in [0.3, 0.4) is 0 Å². The first-order valence-corrected chi connectivity index (χ1v) is 9.98. The van der Waals surface area contributed by atoms with Crippen LogP contribution in [0.2, 0.25) is 10.0 Å². The van der Waals surface area contributed by atoms with Crippen molar-refractivity contribution in [3.63, 3.8) is 0 Å². The average Bonchev–Trinajstić information content (AvgIpc) is 2.43. The van der Waals surface area contributed by atoms with Crippen LogP contribution in [0.15, 0.2) is 40.9 Å². The quantitative estimate of drug-likeness (QED) is 0.373. The SMILES string of the molecule is O=P(O)(O)C(F)(F)c1ccc(C(S)c2cc(Cl)cc(Cl)c2)cc1Br. The van der Waals surface area contributed by atoms with Crippen LogP contribution in [0.1, 0.15) is 21.9 Å². The zero-order chi connectivity index (χ0) is 18.3. The van der Waals surface area contributed by atoms with Gasteiger partial charge in [-0.05, 0) is 35.4 Å². The maximum Gasteiger partial charge on any atom is 0.399 e. The first-order chi connectivity index (χ1) is 10.9. The van der Waals surface area contributed by atoms with E-state index in [1.807, 2.05) is 0 Å². The molecule has 0 amide bonds. The fourth-order valence-electron chi connectivity index (χ4n) is 2.03. The number of alkyl halides is 2. The van der Waals surface area contributed by atoms with E-state index in [0.29, 0.717) is 21.2 Å². The summed E-state index contributed by atoms with van der Waals surface area (Å²) in [5.41, 5.74) is -3.93. The monoisotopic (exact) mass is 476 g/mol. The smallest absolute Gasteiger partial charge is 0.320 e. The highest BCUT2D eigenvalue weighted by molar-refractivity contribution is 9.10. The molecule has 0 aliphatic heterocycles. The van der Waals surface area contributed by atoms with Crippen molar-refractivity contribution >= 4 is 59.4 Å². The van der Waals surface area contributed by atoms with Crippen molar-refractivity contribution in [2.24, 2.45) is 0 Å². The molecule has 130 valence electrons. The van der Waals surface area contributed by atoms with Gasteiger partial charge in [0.05, 0.1) is 5.25 Å². The Balaban J connectivity index is 2.44. The molecule has 2 aromatic carbocycles. The first-order valence-electron chi connectivity index (χ1n) is 6.31. The molecule has 1 atom stereocenters. The van der Waals surface area contributed by atoms with E-state index in [2.05, 4.69) is 28.6 Å². The largest absolute Gasteiger partial charge is 0.399 e. The van der Waals surface area contributed by atoms with Crippen LogP contribution in [0.25, 0.3) is 0 Å². The van der Waals surface area contributed by atoms with Crippen molar-refractivity contribution in [2.75, 3.05) is 0 Å². The van der Waals surface area contributed by atoms with Crippen LogP contribution in [0.4, 0.5) is 8.78 Å². The van der Waals surface area contributed by atoms with Gasteiger partial charge in [-0.2, -0.15) is 21.4 Å². The van der Waals surface area contributed by atoms with Gasteiger partial charge in [0.1, 0.15) is 0 Å². The molecule has 0 aromatic heterocycles. The van der Waals surface area contributed by atoms with E-state index in [9.17, 15) is 13.3 Å². The minimum Gasteiger partial charge on any atom is -0.320 e. The highest BCUT2D eigenvalue weighted by Gasteiger charge is 2.51. The standard InChI is InChI=1S/C14H10BrCl2F2O3PS/c15-12-5-7(1-2-11(12)14(18,19)23(20,21)22)13(24)8-3-9(16)6-10(17)4-8/h1-6,13,24H,(H2,20,21,22). The third-order valence-electron chi connectivity index (χ3n) is 3.20. The lowest BCUT2D eigenvalue weighted by Gasteiger charge is -2.21. The zero-order valence-electron chi connectivity index (χ0n) is 11.6. The fraction of sp³-hybridized carbons (Fsp3) is 0.143. The van der Waals surface area contributed by atoms with Crippen LogP contribution in [-0.4, -0.2) is 9.79 Å². The Bertz CT molecular complexity index is 811. The average molecular weight is 478 g/mol. The summed E-state index contributed by atoms with van der Waals surface area (Å²) < 4.78 is 38.5. The minimum atomic E-state index is -5.64. The highest BCUT2D eigenvalue weighted by atomic mass is 79.9. The topological polar surface area (TPSA) is 57.5 Å². The van der Waals surface area contributed by atoms with Crippen molar-refractivity contribution < 1.29 is 23.1 Å². The molecule has 0 fully saturated rings. The lowest BCUT2D eigenvalue weighted by Crippen LogP contribution is -2.14. The Morgan fingerprint density at radius 3 is 2.08 bits per heavy atom. The molecular weight excluding hydrogens is 468 g/mol. The molecule has 0 spiro atoms. The number of hydrogen-bond acceptors (Lipinski definition) is 2. The molecule has 24 heavy (non-hydrogen) atoms. The van der Waals surface area contributed by atoms with E-state index in [1.54, 1.807) is 18.2 Å². The Labute approximate surface area is 160 Å². The lowest BCUT2D eigenvalue weighted by atomic mass is 10.0. The van der Waals surface area contributed by atoms with Crippen LogP contribution in [0, 0.1) is 0 Å². The van der Waals surface area contributed by atoms with Crippen LogP contribution < -0.4 is 0 Å². The van der Waals surface area contributed by atoms with Gasteiger partial charge in [0.25, 0.3) is 0 Å². The maximum atomic E-state index is 13.8. The van der Waals surface area contributed by atoms with Crippen LogP contribution in [-0.2, 0) is 10.2 Å². The van der Waals surface area contributed by atoms with E-state index in [-0.39, 0.29) is 4.47 Å². The summed E-state index contributed by atoms with van der Waals surface area (Å²) in [4.78, 5) is 17.7. The van der Waals surface area contributed by atoms with Gasteiger partial charge in [-0.1, -0.05) is 51.3 Å². The molecule has 0 bridgehead atoms. The lowest BCUT2D eigenvalue weighted by molar-refractivity contribution is 0.0557. The second-order valence-electron chi connectivity index (χ2n) is 4.93. The summed E-state index contributed by atoms with van der Waals surface area (Å²) in [6.07, 6.45) is 0. The van der Waals surface area contributed by atoms with Gasteiger partial charge in [0.2, 0.25) is 0 Å². The van der Waals surface area contributed by atoms with E-state index in [4.69, 9.17) is 33.0 Å². The van der Waals surface area contributed by atoms with Crippen molar-refractivity contribution in [2.45, 2.75) is 10.9 Å². The Morgan fingerprint density at radius 2 is 1.62 bits per heavy atom. The maximum absolute atomic E-state index is 13.8. The van der Waals surface area contributed by atoms with Crippen molar-refractivity contribution in [3.8, 4) is 0 Å². The number of rotatable bonds is 4. The molecule has 10 heteroatoms. The number of hydrogen-bond donors (Lipinski definition) is 3. The van der Waals surface area contributed by atoms with Gasteiger partial charge in [0, 0.05) is 20.1 Å². The third kappa shape index (κ3) is 4.15. The molecule has 2 rings (SSSR count). The molecular formula is C14H10BrCl2F2O3PS. The molecule has 0 heterocycles. The normalized spacial score (nSPS) is 13.8. The molecule has 0 aliphatic rings. The number of benzene rings is 2. The summed E-state index contributed by atoms with van der Waals surface area (Å²) in [6.45, 7) is 0. The van der Waals surface area contributed by atoms with Crippen LogP contribution >= 0.6 is 59.4 Å². The predicted molar refractivity (Wildman–Crippen MR) is 97.4 cm³/mol. The van der Waals surface area contributed by atoms with Gasteiger partial charge in [-0.25, -0.2) is 0 Å². The van der Waals surface area contributed by atoms with Gasteiger partial charge < -0.3 is 9.79 Å². The Morgan fingerprint density at radius 1 is 1.08 bits per heavy atom. The second-order valence-corrected chi connectivity index (χ2v) is 8.82. The fourth-order valence-corrected chi connectivity index (χ4v) is 4.19. The van der Waals surface area contributed by atoms with Crippen molar-refractivity contribution in [3.05, 3.63) is 67.6 Å². The molecule has 2 aromatic rings. The summed E-state index contributed by atoms with van der Waals surface area (Å²) in [5, 5.41) is 0.288. The van der Waals surface area contributed by atoms with E-state index >= 15 is 0 Å². The Hall–Kier alpha value is -0.140. The third-order valence-corrected chi connectivity index (χ3v) is 5.86. The molecule has 0 aliphatic carbocycles. The van der Waals surface area contributed by atoms with Gasteiger partial charge in [-0.3, -0.25) is 4.57 Å². The van der Waals surface area contributed by atoms with E-state index in [0.717, 1.165) is 6.07 Å². The van der Waals surface area contributed by atoms with Gasteiger partial charge in [0.15, 0.2) is 0 Å². The zero-order valence-corrected chi connectivity index (χ0v) is 16.5. The number of halogens is 5. The second kappa shape index (κ2) is 7.23. The van der Waals surface area contributed by atoms with Crippen molar-refractivity contribution in [1.29, 1.82) is 0 Å². The van der Waals surface area contributed by atoms with Gasteiger partial charge in [-0.15, -0.1) is 0 Å². The van der Waals surface area contributed by atoms with Crippen molar-refractivity contribution in [1.82, 2.24) is 0 Å². The molecule has 0 saturated heterocycles. The predicted octanol–water partition coefficient (Wildman–Crippen LogP) is 6.00.